The molecule has 210 valence electrons. The molecule has 3 aromatic rings. The Morgan fingerprint density at radius 2 is 1.82 bits per heavy atom. The molecule has 0 radical (unpaired) electrons. The van der Waals surface area contributed by atoms with Crippen molar-refractivity contribution in [3.63, 3.8) is 0 Å². The molecule has 4 heterocycles. The van der Waals surface area contributed by atoms with Crippen molar-refractivity contribution in [3.8, 4) is 0 Å². The lowest BCUT2D eigenvalue weighted by Crippen LogP contribution is -2.49. The van der Waals surface area contributed by atoms with Crippen LogP contribution in [0, 0.1) is 17.8 Å². The maximum Gasteiger partial charge on any atom is 0.227 e. The number of benzene rings is 1. The van der Waals surface area contributed by atoms with Gasteiger partial charge >= 0.3 is 0 Å². The molecule has 0 spiro atoms. The van der Waals surface area contributed by atoms with Crippen LogP contribution in [0.4, 0.5) is 23.3 Å². The number of anilines is 4. The average Bonchev–Trinajstić information content (AvgIpc) is 2.86. The van der Waals surface area contributed by atoms with Crippen molar-refractivity contribution in [3.05, 3.63) is 42.2 Å². The lowest BCUT2D eigenvalue weighted by Gasteiger charge is -2.41. The Morgan fingerprint density at radius 1 is 1.05 bits per heavy atom. The van der Waals surface area contributed by atoms with E-state index < -0.39 is 9.84 Å². The maximum atomic E-state index is 11.7. The molecule has 5 rings (SSSR count). The Balaban J connectivity index is 1.39. The van der Waals surface area contributed by atoms with Crippen LogP contribution in [0.2, 0.25) is 0 Å². The molecule has 2 N–H and O–H groups in total. The summed E-state index contributed by atoms with van der Waals surface area (Å²) in [6, 6.07) is 8.24. The van der Waals surface area contributed by atoms with Crippen LogP contribution in [-0.4, -0.2) is 72.8 Å². The Morgan fingerprint density at radius 3 is 2.51 bits per heavy atom. The van der Waals surface area contributed by atoms with Gasteiger partial charge in [-0.3, -0.25) is 0 Å². The third-order valence-electron chi connectivity index (χ3n) is 8.11. The lowest BCUT2D eigenvalue weighted by atomic mass is 9.85. The van der Waals surface area contributed by atoms with Gasteiger partial charge in [-0.25, -0.2) is 18.4 Å². The molecule has 0 aliphatic carbocycles. The first-order valence-corrected chi connectivity index (χ1v) is 16.0. The van der Waals surface area contributed by atoms with Gasteiger partial charge in [-0.2, -0.15) is 4.98 Å². The maximum absolute atomic E-state index is 11.7. The fourth-order valence-corrected chi connectivity index (χ4v) is 7.08. The second kappa shape index (κ2) is 10.9. The minimum Gasteiger partial charge on any atom is -0.392 e. The number of nitrogens with zero attached hydrogens (tertiary/aromatic N) is 5. The number of fused-ring (bicyclic) bond motifs is 1. The van der Waals surface area contributed by atoms with Gasteiger partial charge in [0.1, 0.15) is 21.5 Å². The van der Waals surface area contributed by atoms with Crippen molar-refractivity contribution in [2.24, 2.45) is 17.8 Å². The summed E-state index contributed by atoms with van der Waals surface area (Å²) >= 11 is 0. The van der Waals surface area contributed by atoms with Gasteiger partial charge in [-0.1, -0.05) is 33.8 Å². The number of hydrogen-bond donors (Lipinski definition) is 2. The fourth-order valence-electron chi connectivity index (χ4n) is 6.02. The highest BCUT2D eigenvalue weighted by molar-refractivity contribution is 7.90. The number of aromatic nitrogens is 3. The predicted octanol–water partition coefficient (Wildman–Crippen LogP) is 4.22. The molecule has 2 aliphatic heterocycles. The SMILES string of the molecule is CC[C@@H]1CN(c2nccc(Nc3cc4c(C(C)C)ccc(N5CC(CS(C)(=O)=O)C5)c4cn3)n2)C[C@H](C)[C@@H]1O. The zero-order valence-corrected chi connectivity index (χ0v) is 24.3. The molecule has 1 aromatic carbocycles. The molecule has 0 amide bonds. The molecule has 39 heavy (non-hydrogen) atoms. The highest BCUT2D eigenvalue weighted by atomic mass is 32.2. The van der Waals surface area contributed by atoms with E-state index >= 15 is 0 Å². The zero-order chi connectivity index (χ0) is 27.9. The van der Waals surface area contributed by atoms with Crippen LogP contribution in [0.3, 0.4) is 0 Å². The van der Waals surface area contributed by atoms with Crippen LogP contribution in [0.15, 0.2) is 36.7 Å². The van der Waals surface area contributed by atoms with E-state index in [4.69, 9.17) is 9.97 Å². The van der Waals surface area contributed by atoms with Gasteiger partial charge in [-0.05, 0) is 47.4 Å². The van der Waals surface area contributed by atoms with E-state index in [1.807, 2.05) is 12.3 Å². The molecule has 2 fully saturated rings. The third kappa shape index (κ3) is 5.96. The number of nitrogens with one attached hydrogen (secondary N) is 1. The minimum absolute atomic E-state index is 0.155. The number of hydrogen-bond acceptors (Lipinski definition) is 9. The van der Waals surface area contributed by atoms with Crippen molar-refractivity contribution >= 4 is 43.9 Å². The van der Waals surface area contributed by atoms with Crippen molar-refractivity contribution in [1.29, 1.82) is 0 Å². The van der Waals surface area contributed by atoms with Gasteiger partial charge in [0, 0.05) is 67.7 Å². The van der Waals surface area contributed by atoms with Crippen molar-refractivity contribution < 1.29 is 13.5 Å². The first-order valence-electron chi connectivity index (χ1n) is 13.9. The molecule has 0 unspecified atom stereocenters. The standard InChI is InChI=1S/C29H40N6O3S/c1-6-21-16-35(13-19(4)28(21)36)29-30-10-9-26(33-29)32-27-11-23-22(18(2)3)7-8-25(24(23)12-31-27)34-14-20(15-34)17-39(5,37)38/h7-12,18-21,28,36H,6,13-17H2,1-5H3,(H,30,31,32,33)/t19-,21+,28-/m0/s1. The molecule has 0 saturated carbocycles. The second-order valence-electron chi connectivity index (χ2n) is 11.7. The predicted molar refractivity (Wildman–Crippen MR) is 158 cm³/mol. The van der Waals surface area contributed by atoms with Gasteiger partial charge in [-0.15, -0.1) is 0 Å². The molecular formula is C29H40N6O3S. The van der Waals surface area contributed by atoms with Gasteiger partial charge < -0.3 is 20.2 Å². The number of rotatable bonds is 8. The van der Waals surface area contributed by atoms with E-state index in [2.05, 4.69) is 66.0 Å². The lowest BCUT2D eigenvalue weighted by molar-refractivity contribution is 0.0429. The third-order valence-corrected chi connectivity index (χ3v) is 9.18. The van der Waals surface area contributed by atoms with Gasteiger partial charge in [0.25, 0.3) is 0 Å². The quantitative estimate of drug-likeness (QED) is 0.424. The normalized spacial score (nSPS) is 22.4. The van der Waals surface area contributed by atoms with Crippen LogP contribution < -0.4 is 15.1 Å². The van der Waals surface area contributed by atoms with Crippen LogP contribution in [0.5, 0.6) is 0 Å². The van der Waals surface area contributed by atoms with E-state index in [0.717, 1.165) is 49.1 Å². The van der Waals surface area contributed by atoms with Crippen LogP contribution in [0.1, 0.15) is 45.6 Å². The molecule has 2 aromatic heterocycles. The minimum atomic E-state index is -2.98. The molecule has 3 atom stereocenters. The largest absolute Gasteiger partial charge is 0.392 e. The van der Waals surface area contributed by atoms with Crippen molar-refractivity contribution in [2.45, 2.75) is 46.1 Å². The van der Waals surface area contributed by atoms with Gasteiger partial charge in [0.15, 0.2) is 0 Å². The average molecular weight is 553 g/mol. The molecule has 2 aliphatic rings. The molecule has 10 heteroatoms. The first kappa shape index (κ1) is 27.6. The van der Waals surface area contributed by atoms with E-state index in [9.17, 15) is 13.5 Å². The van der Waals surface area contributed by atoms with E-state index in [1.54, 1.807) is 6.20 Å². The zero-order valence-electron chi connectivity index (χ0n) is 23.5. The number of aliphatic hydroxyl groups is 1. The van der Waals surface area contributed by atoms with Gasteiger partial charge in [0.2, 0.25) is 5.95 Å². The van der Waals surface area contributed by atoms with Crippen LogP contribution in [-0.2, 0) is 9.84 Å². The number of pyridine rings is 1. The highest BCUT2D eigenvalue weighted by Gasteiger charge is 2.33. The number of piperidine rings is 1. The van der Waals surface area contributed by atoms with Crippen molar-refractivity contribution in [1.82, 2.24) is 15.0 Å². The monoisotopic (exact) mass is 552 g/mol. The molecule has 2 saturated heterocycles. The Hall–Kier alpha value is -2.98. The summed E-state index contributed by atoms with van der Waals surface area (Å²) in [5.74, 6) is 3.12. The topological polar surface area (TPSA) is 112 Å². The Labute approximate surface area is 231 Å². The molecule has 0 bridgehead atoms. The summed E-state index contributed by atoms with van der Waals surface area (Å²) in [5, 5.41) is 16.1. The van der Waals surface area contributed by atoms with E-state index in [-0.39, 0.29) is 29.6 Å². The number of aliphatic hydroxyl groups excluding tert-OH is 1. The van der Waals surface area contributed by atoms with Crippen LogP contribution >= 0.6 is 0 Å². The Bertz CT molecular complexity index is 1440. The summed E-state index contributed by atoms with van der Waals surface area (Å²) in [4.78, 5) is 18.5. The van der Waals surface area contributed by atoms with E-state index in [0.29, 0.717) is 23.5 Å². The fraction of sp³-hybridized carbons (Fsp3) is 0.552. The molecular weight excluding hydrogens is 512 g/mol. The summed E-state index contributed by atoms with van der Waals surface area (Å²) in [5.41, 5.74) is 2.33. The number of sulfone groups is 1. The van der Waals surface area contributed by atoms with Crippen LogP contribution in [0.25, 0.3) is 10.8 Å². The summed E-state index contributed by atoms with van der Waals surface area (Å²) in [7, 11) is -2.98. The van der Waals surface area contributed by atoms with E-state index in [1.165, 1.54) is 11.8 Å². The molecule has 9 nitrogen and oxygen atoms in total. The summed E-state index contributed by atoms with van der Waals surface area (Å²) in [6.45, 7) is 11.5. The smallest absolute Gasteiger partial charge is 0.227 e. The summed E-state index contributed by atoms with van der Waals surface area (Å²) < 4.78 is 23.4. The highest BCUT2D eigenvalue weighted by Crippen LogP contribution is 2.37. The Kier molecular flexibility index (Phi) is 7.70. The summed E-state index contributed by atoms with van der Waals surface area (Å²) in [6.07, 6.45) is 5.59. The van der Waals surface area contributed by atoms with Crippen molar-refractivity contribution in [2.75, 3.05) is 53.3 Å². The second-order valence-corrected chi connectivity index (χ2v) is 13.9. The van der Waals surface area contributed by atoms with Gasteiger partial charge in [0.05, 0.1) is 11.9 Å². The first-order chi connectivity index (χ1) is 18.5.